The van der Waals surface area contributed by atoms with Gasteiger partial charge in [-0.1, -0.05) is 17.6 Å². The maximum absolute atomic E-state index is 14.2. The van der Waals surface area contributed by atoms with Crippen LogP contribution in [0.1, 0.15) is 39.0 Å². The molecule has 0 aliphatic carbocycles. The summed E-state index contributed by atoms with van der Waals surface area (Å²) in [5.74, 6) is -1.94. The molecule has 1 atom stereocenters. The molecule has 1 unspecified atom stereocenters. The summed E-state index contributed by atoms with van der Waals surface area (Å²) in [5.41, 5.74) is -1.63. The Hall–Kier alpha value is -2.27. The number of likely N-dealkylation sites (tertiary alicyclic amines) is 1. The summed E-state index contributed by atoms with van der Waals surface area (Å²) in [7, 11) is 0. The number of thiophene rings is 1. The van der Waals surface area contributed by atoms with Gasteiger partial charge in [0, 0.05) is 32.5 Å². The van der Waals surface area contributed by atoms with E-state index in [0.29, 0.717) is 0 Å². The molecule has 0 amide bonds. The van der Waals surface area contributed by atoms with Crippen LogP contribution in [-0.2, 0) is 6.52 Å². The largest absolute Gasteiger partial charge is 0.366 e. The predicted molar refractivity (Wildman–Crippen MR) is 105 cm³/mol. The molecular formula is C19H17ClFN5S. The molecule has 1 aromatic carbocycles. The molecule has 1 N–H and O–H groups in total. The standard InChI is InChI=1S/C19H17ClFN5S/c20-17-8-16-18(27-17)19(24-11-23-16)25-14-3-5-26(6-4-14)10-12-1-2-15(21)13(7-12)9-22/h1-2,7-8,11,14H,3-6,10H2,(H,23,24,25)/i1D,2D,3D2,4D2,7D,8D,10D,11D,14D/hD. The van der Waals surface area contributed by atoms with Gasteiger partial charge in [0.05, 0.1) is 27.0 Å². The minimum Gasteiger partial charge on any atom is -0.366 e. The molecule has 1 aliphatic heterocycles. The van der Waals surface area contributed by atoms with E-state index in [1.165, 1.54) is 6.07 Å². The van der Waals surface area contributed by atoms with Crippen LogP contribution in [0.3, 0.4) is 0 Å². The molecule has 1 fully saturated rings. The van der Waals surface area contributed by atoms with Crippen molar-refractivity contribution in [3.63, 3.8) is 0 Å². The van der Waals surface area contributed by atoms with Gasteiger partial charge in [-0.15, -0.1) is 11.3 Å². The molecule has 138 valence electrons. The Morgan fingerprint density at radius 2 is 2.33 bits per heavy atom. The third-order valence-electron chi connectivity index (χ3n) is 3.47. The van der Waals surface area contributed by atoms with Gasteiger partial charge in [0.25, 0.3) is 0 Å². The highest BCUT2D eigenvalue weighted by Gasteiger charge is 2.21. The number of halogens is 2. The molecule has 0 spiro atoms. The van der Waals surface area contributed by atoms with E-state index in [-0.39, 0.29) is 25.9 Å². The van der Waals surface area contributed by atoms with Crippen LogP contribution in [0.2, 0.25) is 5.75 Å². The van der Waals surface area contributed by atoms with E-state index >= 15 is 0 Å². The summed E-state index contributed by atoms with van der Waals surface area (Å²) < 4.78 is 115. The number of hydrogen-bond acceptors (Lipinski definition) is 6. The van der Waals surface area contributed by atoms with Gasteiger partial charge in [0.2, 0.25) is 0 Å². The SMILES string of the molecule is [2H]c1nc(N([2H])C2([2H])C([2H])([2H])CN(C([2H])c3c([2H])c([2H])c(F)c(C#N)c3[2H])CC2([2H])[2H])c2sc(Cl)c([2H])c2n1. The van der Waals surface area contributed by atoms with Crippen molar-refractivity contribution >= 4 is 39.0 Å². The monoisotopic (exact) mass is 413 g/mol. The fraction of sp³-hybridized carbons (Fsp3) is 0.316. The Morgan fingerprint density at radius 3 is 3.11 bits per heavy atom. The maximum Gasteiger partial charge on any atom is 0.162 e. The van der Waals surface area contributed by atoms with Gasteiger partial charge >= 0.3 is 0 Å². The summed E-state index contributed by atoms with van der Waals surface area (Å²) in [6.45, 7) is -3.67. The number of anilines is 1. The Labute approximate surface area is 182 Å². The molecule has 0 radical (unpaired) electrons. The number of rotatable bonds is 4. The highest BCUT2D eigenvalue weighted by Crippen LogP contribution is 2.33. The topological polar surface area (TPSA) is 64.8 Å². The fourth-order valence-electron chi connectivity index (χ4n) is 2.27. The van der Waals surface area contributed by atoms with E-state index < -0.39 is 85.6 Å². The second-order valence-corrected chi connectivity index (χ2v) is 6.89. The van der Waals surface area contributed by atoms with E-state index in [1.54, 1.807) is 0 Å². The number of hydrogen-bond donors (Lipinski definition) is 1. The zero-order valence-corrected chi connectivity index (χ0v) is 15.0. The van der Waals surface area contributed by atoms with Crippen LogP contribution < -0.4 is 5.31 Å². The normalized spacial score (nSPS) is 28.2. The van der Waals surface area contributed by atoms with Gasteiger partial charge in [-0.2, -0.15) is 5.26 Å². The van der Waals surface area contributed by atoms with E-state index in [0.717, 1.165) is 16.2 Å². The number of fused-ring (bicyclic) bond motifs is 1. The lowest BCUT2D eigenvalue weighted by Gasteiger charge is -2.32. The van der Waals surface area contributed by atoms with Crippen molar-refractivity contribution in [1.82, 2.24) is 14.9 Å². The third kappa shape index (κ3) is 4.03. The summed E-state index contributed by atoms with van der Waals surface area (Å²) in [5, 5.41) is 9.37. The average Bonchev–Trinajstić information content (AvgIpc) is 3.13. The van der Waals surface area contributed by atoms with E-state index in [2.05, 4.69) is 9.97 Å². The smallest absolute Gasteiger partial charge is 0.162 e. The fourth-order valence-corrected chi connectivity index (χ4v) is 3.29. The van der Waals surface area contributed by atoms with Crippen LogP contribution in [0.5, 0.6) is 0 Å². The minimum atomic E-state index is -3.06. The average molecular weight is 414 g/mol. The Balaban J connectivity index is 1.81. The van der Waals surface area contributed by atoms with Gasteiger partial charge in [0.1, 0.15) is 25.4 Å². The number of nitriles is 1. The molecule has 1 aliphatic rings. The number of nitrogens with zero attached hydrogens (tertiary/aromatic N) is 4. The zero-order chi connectivity index (χ0) is 29.4. The van der Waals surface area contributed by atoms with Crippen molar-refractivity contribution in [2.24, 2.45) is 0 Å². The third-order valence-corrected chi connectivity index (χ3v) is 4.66. The van der Waals surface area contributed by atoms with Crippen molar-refractivity contribution in [1.29, 1.82) is 5.26 Å². The molecule has 3 aromatic rings. The lowest BCUT2D eigenvalue weighted by molar-refractivity contribution is 0.211. The highest BCUT2D eigenvalue weighted by atomic mass is 35.5. The van der Waals surface area contributed by atoms with Crippen LogP contribution in [0.25, 0.3) is 10.2 Å². The van der Waals surface area contributed by atoms with Crippen LogP contribution in [0.15, 0.2) is 30.5 Å². The van der Waals surface area contributed by atoms with Gasteiger partial charge in [-0.3, -0.25) is 4.90 Å². The van der Waals surface area contributed by atoms with Crippen molar-refractivity contribution < 1.29 is 20.9 Å². The molecule has 3 heterocycles. The van der Waals surface area contributed by atoms with E-state index in [4.69, 9.17) is 28.1 Å². The first kappa shape index (κ1) is 8.82. The molecule has 5 nitrogen and oxygen atoms in total. The lowest BCUT2D eigenvalue weighted by atomic mass is 10.0. The first-order valence-electron chi connectivity index (χ1n) is 13.5. The van der Waals surface area contributed by atoms with Crippen molar-refractivity contribution in [3.8, 4) is 6.07 Å². The maximum atomic E-state index is 14.2. The molecule has 1 saturated heterocycles. The van der Waals surface area contributed by atoms with Crippen LogP contribution in [0.4, 0.5) is 10.2 Å². The van der Waals surface area contributed by atoms with Crippen LogP contribution >= 0.6 is 22.9 Å². The predicted octanol–water partition coefficient (Wildman–Crippen LogP) is 4.43. The minimum absolute atomic E-state index is 0.0361. The molecule has 27 heavy (non-hydrogen) atoms. The molecule has 4 rings (SSSR count). The number of aromatic nitrogens is 2. The van der Waals surface area contributed by atoms with E-state index in [9.17, 15) is 9.65 Å². The van der Waals surface area contributed by atoms with Crippen molar-refractivity contribution in [3.05, 3.63) is 51.8 Å². The number of benzene rings is 1. The molecule has 2 aromatic heterocycles. The molecule has 0 saturated carbocycles. The number of piperidine rings is 1. The second-order valence-electron chi connectivity index (χ2n) is 5.26. The number of nitrogens with one attached hydrogen (secondary N) is 1. The summed E-state index contributed by atoms with van der Waals surface area (Å²) >= 11 is 6.75. The Kier molecular flexibility index (Phi) is 2.54. The molecule has 8 heteroatoms. The quantitative estimate of drug-likeness (QED) is 0.685. The van der Waals surface area contributed by atoms with Crippen molar-refractivity contribution in [2.45, 2.75) is 25.3 Å². The zero-order valence-electron chi connectivity index (χ0n) is 25.4. The summed E-state index contributed by atoms with van der Waals surface area (Å²) in [6.07, 6.45) is -6.61. The first-order chi connectivity index (χ1) is 17.9. The van der Waals surface area contributed by atoms with Gasteiger partial charge in [0.15, 0.2) is 1.41 Å². The Morgan fingerprint density at radius 1 is 1.52 bits per heavy atom. The summed E-state index contributed by atoms with van der Waals surface area (Å²) in [4.78, 5) is 8.42. The Bertz CT molecular complexity index is 1530. The molecular weight excluding hydrogens is 385 g/mol. The summed E-state index contributed by atoms with van der Waals surface area (Å²) in [6, 6.07) is -4.74. The highest BCUT2D eigenvalue weighted by molar-refractivity contribution is 7.23. The molecule has 0 bridgehead atoms. The van der Waals surface area contributed by atoms with Gasteiger partial charge in [-0.25, -0.2) is 14.4 Å². The van der Waals surface area contributed by atoms with Crippen LogP contribution in [0, 0.1) is 17.1 Å². The second kappa shape index (κ2) is 7.77. The van der Waals surface area contributed by atoms with Crippen LogP contribution in [-0.4, -0.2) is 34.0 Å². The van der Waals surface area contributed by atoms with Crippen molar-refractivity contribution in [2.75, 3.05) is 18.4 Å². The van der Waals surface area contributed by atoms with E-state index in [1.807, 2.05) is 0 Å². The van der Waals surface area contributed by atoms with Gasteiger partial charge < -0.3 is 5.31 Å². The first-order valence-corrected chi connectivity index (χ1v) is 8.68. The lowest BCUT2D eigenvalue weighted by Crippen LogP contribution is -2.38. The van der Waals surface area contributed by atoms with Gasteiger partial charge in [-0.05, 0) is 36.4 Å².